The molecule has 2 rings (SSSR count). The first-order chi connectivity index (χ1) is 12.8. The van der Waals surface area contributed by atoms with E-state index in [1.54, 1.807) is 6.07 Å². The maximum absolute atomic E-state index is 13.3. The summed E-state index contributed by atoms with van der Waals surface area (Å²) in [5.74, 6) is -1.53. The summed E-state index contributed by atoms with van der Waals surface area (Å²) in [6.45, 7) is 2.09. The van der Waals surface area contributed by atoms with Crippen LogP contribution in [0.15, 0.2) is 28.5 Å². The van der Waals surface area contributed by atoms with Crippen LogP contribution in [0.1, 0.15) is 27.7 Å². The average molecular weight is 435 g/mol. The lowest BCUT2D eigenvalue weighted by Crippen LogP contribution is -2.42. The van der Waals surface area contributed by atoms with E-state index in [4.69, 9.17) is 5.26 Å². The van der Waals surface area contributed by atoms with Crippen LogP contribution in [0.5, 0.6) is 0 Å². The van der Waals surface area contributed by atoms with Gasteiger partial charge < -0.3 is 5.32 Å². The van der Waals surface area contributed by atoms with Crippen LogP contribution in [0, 0.1) is 24.1 Å². The Balaban J connectivity index is 2.26. The van der Waals surface area contributed by atoms with E-state index in [-0.39, 0.29) is 21.7 Å². The van der Waals surface area contributed by atoms with Gasteiger partial charge >= 0.3 is 6.18 Å². The largest absolute Gasteiger partial charge is 0.404 e. The molecule has 150 valence electrons. The molecule has 0 fully saturated rings. The first kappa shape index (κ1) is 21.8. The van der Waals surface area contributed by atoms with E-state index in [2.05, 4.69) is 5.32 Å². The summed E-state index contributed by atoms with van der Waals surface area (Å²) < 4.78 is 76.5. The van der Waals surface area contributed by atoms with Crippen LogP contribution in [0.2, 0.25) is 0 Å². The van der Waals surface area contributed by atoms with Crippen LogP contribution in [0.25, 0.3) is 0 Å². The Hall–Kier alpha value is -2.49. The number of carbonyl (C=O) groups is 1. The quantitative estimate of drug-likeness (QED) is 0.702. The predicted molar refractivity (Wildman–Crippen MR) is 94.0 cm³/mol. The van der Waals surface area contributed by atoms with E-state index in [9.17, 15) is 30.8 Å². The molecule has 6 nitrogen and oxygen atoms in total. The van der Waals surface area contributed by atoms with Crippen LogP contribution >= 0.6 is 11.3 Å². The molecular formula is C16H13F4N3O3S2. The lowest BCUT2D eigenvalue weighted by Gasteiger charge is -2.16. The van der Waals surface area contributed by atoms with Crippen molar-refractivity contribution in [1.29, 1.82) is 5.26 Å². The van der Waals surface area contributed by atoms with Gasteiger partial charge in [0.05, 0.1) is 11.1 Å². The van der Waals surface area contributed by atoms with Crippen molar-refractivity contribution < 1.29 is 30.8 Å². The number of nitrogens with one attached hydrogen (secondary N) is 2. The molecule has 0 saturated heterocycles. The lowest BCUT2D eigenvalue weighted by molar-refractivity contribution is -0.147. The first-order valence-electron chi connectivity index (χ1n) is 7.55. The minimum absolute atomic E-state index is 0.0760. The monoisotopic (exact) mass is 435 g/mol. The average Bonchev–Trinajstić information content (AvgIpc) is 2.98. The minimum Gasteiger partial charge on any atom is -0.322 e. The molecule has 0 aliphatic heterocycles. The number of carbonyl (C=O) groups excluding carboxylic acids is 1. The van der Waals surface area contributed by atoms with Gasteiger partial charge in [-0.25, -0.2) is 12.8 Å². The van der Waals surface area contributed by atoms with Gasteiger partial charge in [0.25, 0.3) is 15.9 Å². The van der Waals surface area contributed by atoms with Crippen LogP contribution in [0.4, 0.5) is 23.2 Å². The third-order valence-corrected chi connectivity index (χ3v) is 6.64. The standard InChI is InChI=1S/C16H13F4N3O3S2/c1-8-12(15(24)22-11-3-4-13(17)10(5-11)7-21)6-14(27-8)28(25,26)23-9(2)16(18,19)20/h3-6,9,23H,1-2H3,(H,22,24)/t9-/m0/s1. The van der Waals surface area contributed by atoms with Crippen LogP contribution in [0.3, 0.4) is 0 Å². The molecule has 0 saturated carbocycles. The number of rotatable bonds is 5. The van der Waals surface area contributed by atoms with E-state index in [1.807, 2.05) is 0 Å². The van der Waals surface area contributed by atoms with Crippen molar-refractivity contribution in [2.45, 2.75) is 30.3 Å². The number of nitrogens with zero attached hydrogens (tertiary/aromatic N) is 1. The number of amides is 1. The normalized spacial score (nSPS) is 13.0. The van der Waals surface area contributed by atoms with Gasteiger partial charge in [-0.2, -0.15) is 23.2 Å². The van der Waals surface area contributed by atoms with Crippen molar-refractivity contribution in [2.24, 2.45) is 0 Å². The minimum atomic E-state index is -4.76. The number of halogens is 4. The smallest absolute Gasteiger partial charge is 0.322 e. The SMILES string of the molecule is Cc1sc(S(=O)(=O)N[C@@H](C)C(F)(F)F)cc1C(=O)Nc1ccc(F)c(C#N)c1. The number of hydrogen-bond acceptors (Lipinski definition) is 5. The lowest BCUT2D eigenvalue weighted by atomic mass is 10.2. The zero-order valence-corrected chi connectivity index (χ0v) is 16.0. The fourth-order valence-electron chi connectivity index (χ4n) is 2.06. The van der Waals surface area contributed by atoms with Gasteiger partial charge in [-0.15, -0.1) is 11.3 Å². The summed E-state index contributed by atoms with van der Waals surface area (Å²) in [5, 5.41) is 11.2. The van der Waals surface area contributed by atoms with Gasteiger partial charge in [0.2, 0.25) is 0 Å². The fraction of sp³-hybridized carbons (Fsp3) is 0.250. The molecule has 1 amide bonds. The third-order valence-electron chi connectivity index (χ3n) is 3.57. The number of aryl methyl sites for hydroxylation is 1. The molecule has 0 unspecified atom stereocenters. The summed E-state index contributed by atoms with van der Waals surface area (Å²) in [6.07, 6.45) is -4.76. The Morgan fingerprint density at radius 2 is 1.93 bits per heavy atom. The highest BCUT2D eigenvalue weighted by atomic mass is 32.2. The molecular weight excluding hydrogens is 422 g/mol. The van der Waals surface area contributed by atoms with Crippen molar-refractivity contribution in [3.8, 4) is 6.07 Å². The van der Waals surface area contributed by atoms with Crippen LogP contribution in [-0.2, 0) is 10.0 Å². The van der Waals surface area contributed by atoms with Gasteiger partial charge in [0.1, 0.15) is 22.1 Å². The number of sulfonamides is 1. The molecule has 0 aliphatic carbocycles. The molecule has 28 heavy (non-hydrogen) atoms. The van der Waals surface area contributed by atoms with Crippen molar-refractivity contribution >= 4 is 33.0 Å². The molecule has 1 atom stereocenters. The van der Waals surface area contributed by atoms with Gasteiger partial charge in [0, 0.05) is 10.6 Å². The predicted octanol–water partition coefficient (Wildman–Crippen LogP) is 3.55. The summed E-state index contributed by atoms with van der Waals surface area (Å²) in [6, 6.07) is 3.54. The molecule has 0 bridgehead atoms. The molecule has 12 heteroatoms. The maximum atomic E-state index is 13.3. The summed E-state index contributed by atoms with van der Waals surface area (Å²) in [5.41, 5.74) is -0.275. The van der Waals surface area contributed by atoms with Crippen molar-refractivity contribution in [2.75, 3.05) is 5.32 Å². The van der Waals surface area contributed by atoms with E-state index in [0.717, 1.165) is 18.2 Å². The van der Waals surface area contributed by atoms with Gasteiger partial charge in [0.15, 0.2) is 0 Å². The molecule has 0 spiro atoms. The highest BCUT2D eigenvalue weighted by molar-refractivity contribution is 7.91. The van der Waals surface area contributed by atoms with Crippen molar-refractivity contribution in [1.82, 2.24) is 4.72 Å². The highest BCUT2D eigenvalue weighted by Crippen LogP contribution is 2.28. The molecule has 2 N–H and O–H groups in total. The van der Waals surface area contributed by atoms with E-state index in [0.29, 0.717) is 18.3 Å². The Morgan fingerprint density at radius 1 is 1.29 bits per heavy atom. The van der Waals surface area contributed by atoms with Crippen LogP contribution < -0.4 is 10.0 Å². The Morgan fingerprint density at radius 3 is 2.50 bits per heavy atom. The Labute approximate surface area is 161 Å². The second-order valence-electron chi connectivity index (χ2n) is 5.68. The molecule has 1 heterocycles. The van der Waals surface area contributed by atoms with Gasteiger partial charge in [-0.3, -0.25) is 4.79 Å². The first-order valence-corrected chi connectivity index (χ1v) is 9.85. The second kappa shape index (κ2) is 7.86. The van der Waals surface area contributed by atoms with E-state index < -0.39 is 38.2 Å². The molecule has 0 aliphatic rings. The summed E-state index contributed by atoms with van der Waals surface area (Å²) in [7, 11) is -4.49. The fourth-order valence-corrected chi connectivity index (χ4v) is 4.74. The van der Waals surface area contributed by atoms with Crippen molar-refractivity contribution in [3.63, 3.8) is 0 Å². The Kier molecular flexibility index (Phi) is 6.12. The number of nitriles is 1. The number of hydrogen-bond donors (Lipinski definition) is 2. The van der Waals surface area contributed by atoms with E-state index in [1.165, 1.54) is 17.7 Å². The molecule has 1 aromatic heterocycles. The third kappa shape index (κ3) is 4.86. The van der Waals surface area contributed by atoms with Crippen molar-refractivity contribution in [3.05, 3.63) is 46.1 Å². The summed E-state index contributed by atoms with van der Waals surface area (Å²) >= 11 is 0.632. The molecule has 1 aromatic carbocycles. The second-order valence-corrected chi connectivity index (χ2v) is 8.88. The van der Waals surface area contributed by atoms with Gasteiger partial charge in [-0.05, 0) is 38.1 Å². The number of alkyl halides is 3. The Bertz CT molecular complexity index is 1060. The zero-order chi connectivity index (χ0) is 21.3. The number of anilines is 1. The zero-order valence-electron chi connectivity index (χ0n) is 14.4. The van der Waals surface area contributed by atoms with E-state index >= 15 is 0 Å². The highest BCUT2D eigenvalue weighted by Gasteiger charge is 2.39. The van der Waals surface area contributed by atoms with Gasteiger partial charge in [-0.1, -0.05) is 0 Å². The van der Waals surface area contributed by atoms with Crippen LogP contribution in [-0.4, -0.2) is 26.5 Å². The maximum Gasteiger partial charge on any atom is 0.404 e. The molecule has 2 aromatic rings. The summed E-state index contributed by atoms with van der Waals surface area (Å²) in [4.78, 5) is 12.6. The molecule has 0 radical (unpaired) electrons. The topological polar surface area (TPSA) is 99.1 Å². The number of thiophene rings is 1. The number of benzene rings is 1.